The van der Waals surface area contributed by atoms with Gasteiger partial charge in [0.05, 0.1) is 6.21 Å². The molecule has 0 bridgehead atoms. The number of fused-ring (bicyclic) bond motifs is 1. The first-order valence-electron chi connectivity index (χ1n) is 9.93. The van der Waals surface area contributed by atoms with Crippen LogP contribution in [-0.2, 0) is 0 Å². The predicted octanol–water partition coefficient (Wildman–Crippen LogP) is 5.23. The second-order valence-corrected chi connectivity index (χ2v) is 8.21. The van der Waals surface area contributed by atoms with Gasteiger partial charge < -0.3 is 4.90 Å². The van der Waals surface area contributed by atoms with Gasteiger partial charge in [0.15, 0.2) is 0 Å². The van der Waals surface area contributed by atoms with Gasteiger partial charge >= 0.3 is 0 Å². The minimum atomic E-state index is -0.483. The second-order valence-electron chi connectivity index (χ2n) is 8.21. The lowest BCUT2D eigenvalue weighted by Gasteiger charge is -2.47. The molecule has 4 nitrogen and oxygen atoms in total. The number of carbonyl (C=O) groups is 1. The Bertz CT molecular complexity index is 922. The monoisotopic (exact) mass is 399 g/mol. The van der Waals surface area contributed by atoms with Crippen molar-refractivity contribution in [1.82, 2.24) is 5.43 Å². The van der Waals surface area contributed by atoms with Gasteiger partial charge in [-0.05, 0) is 74.6 Å². The number of anilines is 1. The number of hydrogen-bond donors (Lipinski definition) is 1. The maximum absolute atomic E-state index is 14.8. The summed E-state index contributed by atoms with van der Waals surface area (Å²) in [6.07, 6.45) is 3.27. The molecule has 1 amide bonds. The van der Waals surface area contributed by atoms with Gasteiger partial charge in [-0.15, -0.1) is 0 Å². The minimum absolute atomic E-state index is 0.0341. The Morgan fingerprint density at radius 1 is 1.28 bits per heavy atom. The van der Waals surface area contributed by atoms with Crippen LogP contribution < -0.4 is 10.3 Å². The van der Waals surface area contributed by atoms with Crippen LogP contribution in [-0.4, -0.2) is 24.2 Å². The van der Waals surface area contributed by atoms with E-state index in [9.17, 15) is 13.6 Å². The third kappa shape index (κ3) is 4.47. The average Bonchev–Trinajstić information content (AvgIpc) is 2.66. The lowest BCUT2D eigenvalue weighted by atomic mass is 9.79. The fraction of sp³-hybridized carbons (Fsp3) is 0.391. The molecule has 1 atom stereocenters. The van der Waals surface area contributed by atoms with Crippen LogP contribution in [0.4, 0.5) is 14.5 Å². The summed E-state index contributed by atoms with van der Waals surface area (Å²) in [5.41, 5.74) is 4.95. The van der Waals surface area contributed by atoms with E-state index in [2.05, 4.69) is 43.1 Å². The molecule has 2 aromatic carbocycles. The van der Waals surface area contributed by atoms with Crippen LogP contribution in [0.25, 0.3) is 0 Å². The standard InChI is InChI=1S/C23H27F2N3O/c1-5-10-28-21-12-20(25)17(11-19(21)15(2)13-23(28,3)4)14-26-27-22(29)16-6-8-18(24)9-7-16/h6-9,11-12,14-15H,5,10,13H2,1-4H3,(H,27,29)/b26-14-. The zero-order chi connectivity index (χ0) is 21.2. The van der Waals surface area contributed by atoms with E-state index in [0.29, 0.717) is 5.56 Å². The molecule has 0 spiro atoms. The van der Waals surface area contributed by atoms with E-state index in [1.54, 1.807) is 6.07 Å². The number of halogens is 2. The van der Waals surface area contributed by atoms with Crippen molar-refractivity contribution in [2.24, 2.45) is 5.10 Å². The van der Waals surface area contributed by atoms with Gasteiger partial charge in [-0.3, -0.25) is 4.79 Å². The molecule has 154 valence electrons. The Morgan fingerprint density at radius 2 is 1.97 bits per heavy atom. The van der Waals surface area contributed by atoms with Crippen molar-refractivity contribution in [3.8, 4) is 0 Å². The Hall–Kier alpha value is -2.76. The molecule has 2 aromatic rings. The molecule has 1 aliphatic heterocycles. The van der Waals surface area contributed by atoms with Gasteiger partial charge in [0.25, 0.3) is 5.91 Å². The van der Waals surface area contributed by atoms with Crippen LogP contribution in [0.5, 0.6) is 0 Å². The van der Waals surface area contributed by atoms with Crippen molar-refractivity contribution in [2.45, 2.75) is 52.0 Å². The normalized spacial score (nSPS) is 18.0. The summed E-state index contributed by atoms with van der Waals surface area (Å²) >= 11 is 0. The zero-order valence-electron chi connectivity index (χ0n) is 17.3. The fourth-order valence-electron chi connectivity index (χ4n) is 4.09. The van der Waals surface area contributed by atoms with Crippen molar-refractivity contribution in [2.75, 3.05) is 11.4 Å². The first-order valence-corrected chi connectivity index (χ1v) is 9.93. The number of nitrogens with one attached hydrogen (secondary N) is 1. The lowest BCUT2D eigenvalue weighted by Crippen LogP contribution is -2.48. The number of rotatable bonds is 5. The SMILES string of the molecule is CCCN1c2cc(F)c(/C=N\NC(=O)c3ccc(F)cc3)cc2C(C)CC1(C)C. The van der Waals surface area contributed by atoms with Gasteiger partial charge in [-0.2, -0.15) is 5.10 Å². The topological polar surface area (TPSA) is 44.7 Å². The Kier molecular flexibility index (Phi) is 6.01. The minimum Gasteiger partial charge on any atom is -0.366 e. The fourth-order valence-corrected chi connectivity index (χ4v) is 4.09. The van der Waals surface area contributed by atoms with Crippen molar-refractivity contribution in [3.63, 3.8) is 0 Å². The summed E-state index contributed by atoms with van der Waals surface area (Å²) in [4.78, 5) is 14.3. The highest BCUT2D eigenvalue weighted by Crippen LogP contribution is 2.44. The zero-order valence-corrected chi connectivity index (χ0v) is 17.3. The summed E-state index contributed by atoms with van der Waals surface area (Å²) in [7, 11) is 0. The largest absolute Gasteiger partial charge is 0.366 e. The summed E-state index contributed by atoms with van der Waals surface area (Å²) in [5.74, 6) is -0.997. The van der Waals surface area contributed by atoms with Crippen molar-refractivity contribution in [3.05, 3.63) is 64.7 Å². The highest BCUT2D eigenvalue weighted by Gasteiger charge is 2.36. The van der Waals surface area contributed by atoms with Gasteiger partial charge in [-0.1, -0.05) is 13.8 Å². The average molecular weight is 399 g/mol. The molecule has 0 aliphatic carbocycles. The summed E-state index contributed by atoms with van der Waals surface area (Å²) in [5, 5.41) is 3.89. The molecule has 3 rings (SSSR count). The summed E-state index contributed by atoms with van der Waals surface area (Å²) in [6, 6.07) is 8.53. The Morgan fingerprint density at radius 3 is 2.62 bits per heavy atom. The summed E-state index contributed by atoms with van der Waals surface area (Å²) in [6.45, 7) is 9.53. The predicted molar refractivity (Wildman–Crippen MR) is 113 cm³/mol. The smallest absolute Gasteiger partial charge is 0.271 e. The first kappa shape index (κ1) is 21.0. The molecule has 0 saturated carbocycles. The van der Waals surface area contributed by atoms with Crippen molar-refractivity contribution < 1.29 is 13.6 Å². The first-order chi connectivity index (χ1) is 13.7. The molecule has 0 aromatic heterocycles. The number of hydrazone groups is 1. The van der Waals surface area contributed by atoms with Gasteiger partial charge in [0, 0.05) is 28.9 Å². The Labute approximate surface area is 170 Å². The molecule has 1 unspecified atom stereocenters. The molecule has 0 saturated heterocycles. The molecular formula is C23H27F2N3O. The maximum atomic E-state index is 14.8. The van der Waals surface area contributed by atoms with Crippen LogP contribution in [0, 0.1) is 11.6 Å². The number of benzene rings is 2. The maximum Gasteiger partial charge on any atom is 0.271 e. The number of nitrogens with zero attached hydrogens (tertiary/aromatic N) is 2. The molecule has 1 aliphatic rings. The van der Waals surface area contributed by atoms with Crippen molar-refractivity contribution in [1.29, 1.82) is 0 Å². The van der Waals surface area contributed by atoms with Crippen LogP contribution in [0.3, 0.4) is 0 Å². The van der Waals surface area contributed by atoms with E-state index in [4.69, 9.17) is 0 Å². The molecule has 0 fully saturated rings. The van der Waals surface area contributed by atoms with E-state index in [-0.39, 0.29) is 22.8 Å². The molecular weight excluding hydrogens is 372 g/mol. The van der Waals surface area contributed by atoms with E-state index in [1.165, 1.54) is 30.5 Å². The number of amides is 1. The molecule has 0 radical (unpaired) electrons. The third-order valence-corrected chi connectivity index (χ3v) is 5.43. The van der Waals surface area contributed by atoms with Crippen LogP contribution in [0.2, 0.25) is 0 Å². The third-order valence-electron chi connectivity index (χ3n) is 5.43. The lowest BCUT2D eigenvalue weighted by molar-refractivity contribution is 0.0955. The van der Waals surface area contributed by atoms with E-state index in [1.807, 2.05) is 6.07 Å². The van der Waals surface area contributed by atoms with E-state index >= 15 is 0 Å². The van der Waals surface area contributed by atoms with Crippen LogP contribution >= 0.6 is 0 Å². The van der Waals surface area contributed by atoms with Gasteiger partial charge in [0.1, 0.15) is 11.6 Å². The highest BCUT2D eigenvalue weighted by molar-refractivity contribution is 5.94. The Balaban J connectivity index is 1.83. The second kappa shape index (κ2) is 8.31. The van der Waals surface area contributed by atoms with Gasteiger partial charge in [-0.25, -0.2) is 14.2 Å². The number of carbonyl (C=O) groups excluding carboxylic acids is 1. The van der Waals surface area contributed by atoms with Crippen LogP contribution in [0.15, 0.2) is 41.5 Å². The summed E-state index contributed by atoms with van der Waals surface area (Å²) < 4.78 is 27.7. The van der Waals surface area contributed by atoms with E-state index < -0.39 is 11.7 Å². The highest BCUT2D eigenvalue weighted by atomic mass is 19.1. The molecule has 6 heteroatoms. The van der Waals surface area contributed by atoms with Gasteiger partial charge in [0.2, 0.25) is 0 Å². The molecule has 1 heterocycles. The van der Waals surface area contributed by atoms with Crippen LogP contribution in [0.1, 0.15) is 67.9 Å². The quantitative estimate of drug-likeness (QED) is 0.553. The molecule has 29 heavy (non-hydrogen) atoms. The van der Waals surface area contributed by atoms with Crippen molar-refractivity contribution >= 4 is 17.8 Å². The number of hydrogen-bond acceptors (Lipinski definition) is 3. The molecule has 1 N–H and O–H groups in total. The van der Waals surface area contributed by atoms with E-state index in [0.717, 1.165) is 30.6 Å².